The van der Waals surface area contributed by atoms with E-state index in [0.29, 0.717) is 19.5 Å². The van der Waals surface area contributed by atoms with Crippen molar-refractivity contribution in [1.82, 2.24) is 4.90 Å². The standard InChI is InChI=1S/C14H23NO4/c1-8-9(2)19-10(3)12(8)13(16)15-6-4-5-11(7-15)14(17)18/h8-12H,4-7H2,1-3H3,(H,17,18)/t8?,9?,10?,11-,12?/m1/s1. The van der Waals surface area contributed by atoms with Gasteiger partial charge < -0.3 is 14.7 Å². The molecule has 0 bridgehead atoms. The van der Waals surface area contributed by atoms with Gasteiger partial charge in [-0.15, -0.1) is 0 Å². The molecule has 2 aliphatic heterocycles. The molecule has 1 N–H and O–H groups in total. The minimum Gasteiger partial charge on any atom is -0.481 e. The fourth-order valence-corrected chi connectivity index (χ4v) is 3.28. The van der Waals surface area contributed by atoms with Gasteiger partial charge in [0.1, 0.15) is 0 Å². The maximum absolute atomic E-state index is 12.6. The molecule has 2 aliphatic rings. The van der Waals surface area contributed by atoms with E-state index in [9.17, 15) is 9.59 Å². The summed E-state index contributed by atoms with van der Waals surface area (Å²) in [6.07, 6.45) is 1.45. The number of rotatable bonds is 2. The first-order valence-corrected chi connectivity index (χ1v) is 7.09. The van der Waals surface area contributed by atoms with Crippen LogP contribution in [0.3, 0.4) is 0 Å². The van der Waals surface area contributed by atoms with Gasteiger partial charge in [0.05, 0.1) is 24.0 Å². The third kappa shape index (κ3) is 2.76. The van der Waals surface area contributed by atoms with Crippen LogP contribution in [-0.2, 0) is 14.3 Å². The summed E-state index contributed by atoms with van der Waals surface area (Å²) in [6, 6.07) is 0. The monoisotopic (exact) mass is 269 g/mol. The number of likely N-dealkylation sites (tertiary alicyclic amines) is 1. The van der Waals surface area contributed by atoms with Crippen LogP contribution in [0.4, 0.5) is 0 Å². The maximum Gasteiger partial charge on any atom is 0.308 e. The van der Waals surface area contributed by atoms with E-state index in [1.807, 2.05) is 20.8 Å². The molecule has 2 heterocycles. The number of carboxylic acid groups (broad SMARTS) is 1. The molecule has 1 amide bonds. The van der Waals surface area contributed by atoms with Crippen LogP contribution < -0.4 is 0 Å². The molecule has 108 valence electrons. The Morgan fingerprint density at radius 1 is 1.21 bits per heavy atom. The highest BCUT2D eigenvalue weighted by molar-refractivity contribution is 5.81. The fraction of sp³-hybridized carbons (Fsp3) is 0.857. The second-order valence-electron chi connectivity index (χ2n) is 5.89. The summed E-state index contributed by atoms with van der Waals surface area (Å²) in [7, 11) is 0. The van der Waals surface area contributed by atoms with Crippen LogP contribution in [0.1, 0.15) is 33.6 Å². The zero-order valence-corrected chi connectivity index (χ0v) is 11.8. The number of aliphatic carboxylic acids is 1. The van der Waals surface area contributed by atoms with Crippen LogP contribution >= 0.6 is 0 Å². The number of carbonyl (C=O) groups is 2. The lowest BCUT2D eigenvalue weighted by atomic mass is 9.87. The van der Waals surface area contributed by atoms with Crippen molar-refractivity contribution < 1.29 is 19.4 Å². The molecule has 5 heteroatoms. The molecule has 0 aromatic carbocycles. The average molecular weight is 269 g/mol. The summed E-state index contributed by atoms with van der Waals surface area (Å²) < 4.78 is 5.71. The Morgan fingerprint density at radius 3 is 2.42 bits per heavy atom. The normalized spacial score (nSPS) is 39.3. The van der Waals surface area contributed by atoms with Crippen molar-refractivity contribution >= 4 is 11.9 Å². The molecule has 2 saturated heterocycles. The highest BCUT2D eigenvalue weighted by Crippen LogP contribution is 2.34. The Labute approximate surface area is 113 Å². The lowest BCUT2D eigenvalue weighted by Gasteiger charge is -2.34. The van der Waals surface area contributed by atoms with Gasteiger partial charge >= 0.3 is 5.97 Å². The third-order valence-corrected chi connectivity index (χ3v) is 4.61. The van der Waals surface area contributed by atoms with Crippen molar-refractivity contribution in [3.8, 4) is 0 Å². The predicted octanol–water partition coefficient (Wildman–Crippen LogP) is 1.37. The van der Waals surface area contributed by atoms with Gasteiger partial charge in [0.25, 0.3) is 0 Å². The fourth-order valence-electron chi connectivity index (χ4n) is 3.28. The van der Waals surface area contributed by atoms with Gasteiger partial charge in [0.2, 0.25) is 5.91 Å². The van der Waals surface area contributed by atoms with Crippen LogP contribution in [-0.4, -0.2) is 47.2 Å². The van der Waals surface area contributed by atoms with Gasteiger partial charge in [-0.25, -0.2) is 0 Å². The summed E-state index contributed by atoms with van der Waals surface area (Å²) >= 11 is 0. The van der Waals surface area contributed by atoms with E-state index in [0.717, 1.165) is 6.42 Å². The zero-order valence-electron chi connectivity index (χ0n) is 11.8. The number of piperidine rings is 1. The van der Waals surface area contributed by atoms with Gasteiger partial charge in [-0.3, -0.25) is 9.59 Å². The van der Waals surface area contributed by atoms with E-state index in [-0.39, 0.29) is 30.0 Å². The molecule has 2 rings (SSSR count). The van der Waals surface area contributed by atoms with Crippen LogP contribution in [0.25, 0.3) is 0 Å². The Hall–Kier alpha value is -1.10. The summed E-state index contributed by atoms with van der Waals surface area (Å²) in [5.41, 5.74) is 0. The number of ether oxygens (including phenoxy) is 1. The topological polar surface area (TPSA) is 66.8 Å². The smallest absolute Gasteiger partial charge is 0.308 e. The summed E-state index contributed by atoms with van der Waals surface area (Å²) in [5.74, 6) is -1.09. The van der Waals surface area contributed by atoms with Gasteiger partial charge in [-0.1, -0.05) is 6.92 Å². The molecule has 0 saturated carbocycles. The first-order valence-electron chi connectivity index (χ1n) is 7.09. The summed E-state index contributed by atoms with van der Waals surface area (Å²) in [4.78, 5) is 25.4. The van der Waals surface area contributed by atoms with Gasteiger partial charge in [-0.05, 0) is 32.6 Å². The van der Waals surface area contributed by atoms with Gasteiger partial charge in [0.15, 0.2) is 0 Å². The quantitative estimate of drug-likeness (QED) is 0.822. The van der Waals surface area contributed by atoms with Crippen molar-refractivity contribution in [3.05, 3.63) is 0 Å². The Morgan fingerprint density at radius 2 is 1.89 bits per heavy atom. The van der Waals surface area contributed by atoms with E-state index in [1.165, 1.54) is 0 Å². The number of hydrogen-bond acceptors (Lipinski definition) is 3. The molecule has 2 fully saturated rings. The van der Waals surface area contributed by atoms with Crippen LogP contribution in [0.15, 0.2) is 0 Å². The van der Waals surface area contributed by atoms with E-state index in [4.69, 9.17) is 9.84 Å². The molecule has 5 nitrogen and oxygen atoms in total. The average Bonchev–Trinajstić information content (AvgIpc) is 2.62. The highest BCUT2D eigenvalue weighted by atomic mass is 16.5. The Kier molecular flexibility index (Phi) is 4.13. The number of hydrogen-bond donors (Lipinski definition) is 1. The Balaban J connectivity index is 2.05. The van der Waals surface area contributed by atoms with Crippen molar-refractivity contribution in [1.29, 1.82) is 0 Å². The number of carboxylic acids is 1. The summed E-state index contributed by atoms with van der Waals surface area (Å²) in [6.45, 7) is 6.98. The molecule has 0 radical (unpaired) electrons. The second-order valence-corrected chi connectivity index (χ2v) is 5.89. The zero-order chi connectivity index (χ0) is 14.2. The summed E-state index contributed by atoms with van der Waals surface area (Å²) in [5, 5.41) is 9.09. The molecule has 5 atom stereocenters. The van der Waals surface area contributed by atoms with Crippen LogP contribution in [0, 0.1) is 17.8 Å². The Bertz CT molecular complexity index is 370. The molecule has 0 aromatic rings. The molecule has 0 aromatic heterocycles. The van der Waals surface area contributed by atoms with Gasteiger partial charge in [-0.2, -0.15) is 0 Å². The molecule has 0 spiro atoms. The van der Waals surface area contributed by atoms with E-state index < -0.39 is 11.9 Å². The predicted molar refractivity (Wildman–Crippen MR) is 69.6 cm³/mol. The molecule has 0 aliphatic carbocycles. The number of amides is 1. The van der Waals surface area contributed by atoms with Gasteiger partial charge in [0, 0.05) is 13.1 Å². The van der Waals surface area contributed by atoms with Crippen LogP contribution in [0.2, 0.25) is 0 Å². The molecule has 4 unspecified atom stereocenters. The number of nitrogens with zero attached hydrogens (tertiary/aromatic N) is 1. The largest absolute Gasteiger partial charge is 0.481 e. The lowest BCUT2D eigenvalue weighted by Crippen LogP contribution is -2.47. The first kappa shape index (κ1) is 14.3. The minimum absolute atomic E-state index is 0.0651. The van der Waals surface area contributed by atoms with Crippen molar-refractivity contribution in [2.75, 3.05) is 13.1 Å². The number of carbonyl (C=O) groups excluding carboxylic acids is 1. The van der Waals surface area contributed by atoms with E-state index >= 15 is 0 Å². The van der Waals surface area contributed by atoms with Crippen molar-refractivity contribution in [2.45, 2.75) is 45.8 Å². The van der Waals surface area contributed by atoms with Crippen LogP contribution in [0.5, 0.6) is 0 Å². The SMILES string of the molecule is CC1OC(C)C(C(=O)N2CCC[C@@H](C(=O)O)C2)C1C. The van der Waals surface area contributed by atoms with E-state index in [1.54, 1.807) is 4.90 Å². The lowest BCUT2D eigenvalue weighted by molar-refractivity contribution is -0.147. The highest BCUT2D eigenvalue weighted by Gasteiger charge is 2.44. The minimum atomic E-state index is -0.797. The molecular weight excluding hydrogens is 246 g/mol. The van der Waals surface area contributed by atoms with E-state index in [2.05, 4.69) is 0 Å². The molecule has 19 heavy (non-hydrogen) atoms. The first-order chi connectivity index (χ1) is 8.91. The van der Waals surface area contributed by atoms with Crippen molar-refractivity contribution in [2.24, 2.45) is 17.8 Å². The maximum atomic E-state index is 12.6. The molecular formula is C14H23NO4. The third-order valence-electron chi connectivity index (χ3n) is 4.61. The second kappa shape index (κ2) is 5.49. The van der Waals surface area contributed by atoms with Crippen molar-refractivity contribution in [3.63, 3.8) is 0 Å².